The summed E-state index contributed by atoms with van der Waals surface area (Å²) < 4.78 is 43.8. The third-order valence-corrected chi connectivity index (χ3v) is 13.4. The Labute approximate surface area is 360 Å². The van der Waals surface area contributed by atoms with Crippen molar-refractivity contribution < 1.29 is 32.0 Å². The van der Waals surface area contributed by atoms with E-state index < -0.39 is 51.0 Å². The molecule has 3 saturated heterocycles. The molecule has 62 heavy (non-hydrogen) atoms. The summed E-state index contributed by atoms with van der Waals surface area (Å²) in [6.45, 7) is 12.8. The number of imide groups is 2. The number of hydrogen-bond donors (Lipinski definition) is 4. The molecular weight excluding hydrogens is 816 g/mol. The van der Waals surface area contributed by atoms with Crippen LogP contribution < -0.4 is 25.6 Å². The van der Waals surface area contributed by atoms with Gasteiger partial charge in [0, 0.05) is 92.6 Å². The van der Waals surface area contributed by atoms with Crippen molar-refractivity contribution in [3.05, 3.63) is 94.9 Å². The molecule has 0 bridgehead atoms. The lowest BCUT2D eigenvalue weighted by Crippen LogP contribution is -2.54. The number of carbonyl (C=O) groups excluding carboxylic acids is 4. The minimum absolute atomic E-state index is 0.00266. The van der Waals surface area contributed by atoms with Gasteiger partial charge in [0.05, 0.1) is 16.0 Å². The summed E-state index contributed by atoms with van der Waals surface area (Å²) in [5.41, 5.74) is 2.94. The van der Waals surface area contributed by atoms with Gasteiger partial charge in [0.15, 0.2) is 0 Å². The van der Waals surface area contributed by atoms with Gasteiger partial charge in [-0.05, 0) is 107 Å². The van der Waals surface area contributed by atoms with Crippen molar-refractivity contribution in [3.8, 4) is 0 Å². The van der Waals surface area contributed by atoms with E-state index in [1.807, 2.05) is 19.1 Å². The fourth-order valence-corrected chi connectivity index (χ4v) is 10.0. The maximum Gasteiger partial charge on any atom is 0.265 e. The molecular formula is C44H51FN10O6S. The topological polar surface area (TPSA) is 189 Å². The first-order chi connectivity index (χ1) is 29.5. The molecule has 18 heteroatoms. The number of nitrogens with one attached hydrogen (secondary N) is 4. The molecule has 1 atom stereocenters. The molecule has 1 unspecified atom stereocenters. The van der Waals surface area contributed by atoms with Crippen LogP contribution in [-0.2, 0) is 26.2 Å². The highest BCUT2D eigenvalue weighted by molar-refractivity contribution is 7.89. The smallest absolute Gasteiger partial charge is 0.265 e. The number of piperidine rings is 2. The van der Waals surface area contributed by atoms with E-state index in [1.54, 1.807) is 57.3 Å². The zero-order chi connectivity index (χ0) is 43.9. The number of halogens is 1. The molecule has 4 aromatic rings. The molecule has 3 fully saturated rings. The predicted octanol–water partition coefficient (Wildman–Crippen LogP) is 4.68. The number of benzene rings is 3. The van der Waals surface area contributed by atoms with Crippen molar-refractivity contribution in [1.29, 1.82) is 0 Å². The van der Waals surface area contributed by atoms with Gasteiger partial charge in [-0.2, -0.15) is 4.98 Å². The molecule has 0 spiro atoms. The number of aryl methyl sites for hydroxylation is 1. The summed E-state index contributed by atoms with van der Waals surface area (Å²) in [5, 5.41) is 8.69. The average molecular weight is 867 g/mol. The molecule has 4 aliphatic heterocycles. The van der Waals surface area contributed by atoms with Crippen LogP contribution in [0.1, 0.15) is 78.3 Å². The van der Waals surface area contributed by atoms with E-state index in [0.717, 1.165) is 73.9 Å². The van der Waals surface area contributed by atoms with Gasteiger partial charge in [-0.25, -0.2) is 22.5 Å². The Morgan fingerprint density at radius 3 is 2.27 bits per heavy atom. The van der Waals surface area contributed by atoms with E-state index in [9.17, 15) is 27.6 Å². The first kappa shape index (κ1) is 42.9. The monoisotopic (exact) mass is 866 g/mol. The van der Waals surface area contributed by atoms with Crippen LogP contribution in [0.25, 0.3) is 0 Å². The molecule has 0 aliphatic carbocycles. The van der Waals surface area contributed by atoms with Crippen molar-refractivity contribution in [2.75, 3.05) is 54.8 Å². The summed E-state index contributed by atoms with van der Waals surface area (Å²) in [4.78, 5) is 67.6. The summed E-state index contributed by atoms with van der Waals surface area (Å²) in [6.07, 6.45) is 3.76. The Bertz CT molecular complexity index is 2520. The van der Waals surface area contributed by atoms with E-state index in [0.29, 0.717) is 35.6 Å². The van der Waals surface area contributed by atoms with Crippen molar-refractivity contribution in [2.45, 2.75) is 82.4 Å². The number of sulfonamides is 1. The molecule has 8 rings (SSSR count). The average Bonchev–Trinajstić information content (AvgIpc) is 3.47. The Balaban J connectivity index is 0.810. The first-order valence-corrected chi connectivity index (χ1v) is 22.4. The lowest BCUT2D eigenvalue weighted by molar-refractivity contribution is -0.136. The maximum atomic E-state index is 15.3. The fraction of sp³-hybridized carbons (Fsp3) is 0.409. The van der Waals surface area contributed by atoms with E-state index in [4.69, 9.17) is 0 Å². The maximum absolute atomic E-state index is 15.3. The Morgan fingerprint density at radius 2 is 1.58 bits per heavy atom. The predicted molar refractivity (Wildman–Crippen MR) is 231 cm³/mol. The van der Waals surface area contributed by atoms with Gasteiger partial charge >= 0.3 is 0 Å². The number of aromatic nitrogens is 2. The number of fused-ring (bicyclic) bond motifs is 1. The van der Waals surface area contributed by atoms with Gasteiger partial charge < -0.3 is 15.5 Å². The minimum atomic E-state index is -3.71. The zero-order valence-electron chi connectivity index (χ0n) is 35.2. The lowest BCUT2D eigenvalue weighted by atomic mass is 10.0. The summed E-state index contributed by atoms with van der Waals surface area (Å²) >= 11 is 0. The normalized spacial score (nSPS) is 19.5. The number of amides is 4. The minimum Gasteiger partial charge on any atom is -0.371 e. The lowest BCUT2D eigenvalue weighted by Gasteiger charge is -2.43. The SMILES string of the molecule is Cc1cnc(Nc2ccc(N3CCC(N4CCN(Cc5cc(F)c6c(c5)C(=O)N(C5CCC(=O)NC5=O)C6=O)CC4)CC3)cc2)nc1Nc1cccc(S(=O)(=O)NC(C)(C)C)c1. The number of piperazine rings is 1. The highest BCUT2D eigenvalue weighted by Gasteiger charge is 2.46. The third kappa shape index (κ3) is 9.33. The van der Waals surface area contributed by atoms with Crippen LogP contribution in [0.4, 0.5) is 33.2 Å². The molecule has 4 N–H and O–H groups in total. The first-order valence-electron chi connectivity index (χ1n) is 20.9. The molecule has 326 valence electrons. The van der Waals surface area contributed by atoms with Gasteiger partial charge in [0.1, 0.15) is 17.7 Å². The van der Waals surface area contributed by atoms with Crippen LogP contribution in [0, 0.1) is 12.7 Å². The van der Waals surface area contributed by atoms with E-state index in [1.165, 1.54) is 6.07 Å². The van der Waals surface area contributed by atoms with Crippen molar-refractivity contribution >= 4 is 62.5 Å². The van der Waals surface area contributed by atoms with Crippen molar-refractivity contribution in [1.82, 2.24) is 34.7 Å². The molecule has 0 radical (unpaired) electrons. The van der Waals surface area contributed by atoms with Crippen LogP contribution in [0.15, 0.2) is 71.8 Å². The number of nitrogens with zero attached hydrogens (tertiary/aromatic N) is 6. The van der Waals surface area contributed by atoms with Crippen LogP contribution in [0.5, 0.6) is 0 Å². The van der Waals surface area contributed by atoms with Crippen LogP contribution in [0.2, 0.25) is 0 Å². The zero-order valence-corrected chi connectivity index (χ0v) is 36.0. The number of carbonyl (C=O) groups is 4. The van der Waals surface area contributed by atoms with E-state index >= 15 is 4.39 Å². The Kier molecular flexibility index (Phi) is 11.9. The van der Waals surface area contributed by atoms with Gasteiger partial charge in [-0.15, -0.1) is 0 Å². The third-order valence-electron chi connectivity index (χ3n) is 11.7. The summed E-state index contributed by atoms with van der Waals surface area (Å²) in [5.74, 6) is -2.58. The molecule has 16 nitrogen and oxygen atoms in total. The van der Waals surface area contributed by atoms with Crippen LogP contribution in [-0.4, -0.2) is 114 Å². The Hall–Kier alpha value is -5.82. The van der Waals surface area contributed by atoms with Gasteiger partial charge in [-0.1, -0.05) is 6.07 Å². The van der Waals surface area contributed by atoms with Gasteiger partial charge in [0.2, 0.25) is 27.8 Å². The van der Waals surface area contributed by atoms with Gasteiger partial charge in [0.25, 0.3) is 11.8 Å². The van der Waals surface area contributed by atoms with Crippen molar-refractivity contribution in [3.63, 3.8) is 0 Å². The Morgan fingerprint density at radius 1 is 0.855 bits per heavy atom. The number of rotatable bonds is 11. The highest BCUT2D eigenvalue weighted by atomic mass is 32.2. The number of hydrogen-bond acceptors (Lipinski definition) is 13. The molecule has 4 aliphatic rings. The van der Waals surface area contributed by atoms with Crippen LogP contribution in [0.3, 0.4) is 0 Å². The second kappa shape index (κ2) is 17.2. The molecule has 5 heterocycles. The van der Waals surface area contributed by atoms with Crippen molar-refractivity contribution in [2.24, 2.45) is 0 Å². The van der Waals surface area contributed by atoms with Crippen LogP contribution >= 0.6 is 0 Å². The second-order valence-electron chi connectivity index (χ2n) is 17.4. The van der Waals surface area contributed by atoms with Gasteiger partial charge in [-0.3, -0.25) is 39.2 Å². The van der Waals surface area contributed by atoms with E-state index in [2.05, 4.69) is 57.5 Å². The molecule has 3 aromatic carbocycles. The summed E-state index contributed by atoms with van der Waals surface area (Å²) in [7, 11) is -3.71. The molecule has 4 amide bonds. The fourth-order valence-electron chi connectivity index (χ4n) is 8.58. The summed E-state index contributed by atoms with van der Waals surface area (Å²) in [6, 6.07) is 17.0. The number of anilines is 5. The quantitative estimate of drug-likeness (QED) is 0.152. The van der Waals surface area contributed by atoms with E-state index in [-0.39, 0.29) is 28.9 Å². The molecule has 0 saturated carbocycles. The molecule has 1 aromatic heterocycles. The highest BCUT2D eigenvalue weighted by Crippen LogP contribution is 2.32. The second-order valence-corrected chi connectivity index (χ2v) is 19.1. The largest absolute Gasteiger partial charge is 0.371 e. The standard InChI is InChI=1S/C44H51FN10O6S/c1-27-25-46-43(50-39(27)47-30-6-5-7-33(24-30)62(60,61)51-44(2,3)4)48-29-8-10-31(11-9-29)53-16-14-32(15-17-53)54-20-18-52(19-21-54)26-28-22-34-38(35(45)23-28)42(59)55(41(34)58)36-12-13-37(56)49-40(36)57/h5-11,22-25,32,36,51H,12-21,26H2,1-4H3,(H,49,56,57)(H2,46,47,48,50).